The molecule has 0 bridgehead atoms. The second-order valence-corrected chi connectivity index (χ2v) is 7.93. The molecule has 0 saturated carbocycles. The first-order valence-corrected chi connectivity index (χ1v) is 9.63. The van der Waals surface area contributed by atoms with E-state index in [9.17, 15) is 8.42 Å². The van der Waals surface area contributed by atoms with Crippen LogP contribution in [0.15, 0.2) is 35.5 Å². The van der Waals surface area contributed by atoms with Gasteiger partial charge in [-0.1, -0.05) is 6.07 Å². The molecule has 2 atom stereocenters. The van der Waals surface area contributed by atoms with Gasteiger partial charge in [-0.25, -0.2) is 17.8 Å². The highest BCUT2D eigenvalue weighted by molar-refractivity contribution is 7.89. The minimum Gasteiger partial charge on any atom is -0.373 e. The third-order valence-electron chi connectivity index (χ3n) is 3.96. The average molecular weight is 366 g/mol. The monoisotopic (exact) mass is 366 g/mol. The summed E-state index contributed by atoms with van der Waals surface area (Å²) in [6.07, 6.45) is 1.74. The fraction of sp³-hybridized carbons (Fsp3) is 0.533. The van der Waals surface area contributed by atoms with E-state index in [4.69, 9.17) is 4.74 Å². The highest BCUT2D eigenvalue weighted by atomic mass is 32.2. The molecule has 25 heavy (non-hydrogen) atoms. The van der Waals surface area contributed by atoms with E-state index in [-0.39, 0.29) is 17.1 Å². The Morgan fingerprint density at radius 3 is 2.72 bits per heavy atom. The first-order chi connectivity index (χ1) is 11.9. The van der Waals surface area contributed by atoms with Crippen molar-refractivity contribution in [2.75, 3.05) is 26.2 Å². The van der Waals surface area contributed by atoms with Gasteiger partial charge in [0, 0.05) is 26.2 Å². The molecular weight excluding hydrogens is 344 g/mol. The zero-order valence-corrected chi connectivity index (χ0v) is 15.1. The van der Waals surface area contributed by atoms with E-state index < -0.39 is 10.0 Å². The van der Waals surface area contributed by atoms with Crippen LogP contribution in [0.3, 0.4) is 0 Å². The van der Waals surface area contributed by atoms with Gasteiger partial charge in [-0.3, -0.25) is 4.90 Å². The number of hydrogen-bond acceptors (Lipinski definition) is 7. The van der Waals surface area contributed by atoms with Crippen molar-refractivity contribution in [3.63, 3.8) is 0 Å². The van der Waals surface area contributed by atoms with Gasteiger partial charge in [0.25, 0.3) is 0 Å². The van der Waals surface area contributed by atoms with Crippen molar-refractivity contribution in [1.82, 2.24) is 29.8 Å². The molecule has 9 nitrogen and oxygen atoms in total. The zero-order chi connectivity index (χ0) is 17.9. The van der Waals surface area contributed by atoms with Crippen LogP contribution in [0, 0.1) is 0 Å². The molecule has 0 spiro atoms. The highest BCUT2D eigenvalue weighted by Crippen LogP contribution is 2.14. The zero-order valence-electron chi connectivity index (χ0n) is 14.2. The Bertz CT molecular complexity index is 785. The Labute approximate surface area is 147 Å². The Kier molecular flexibility index (Phi) is 5.42. The second kappa shape index (κ2) is 7.56. The Morgan fingerprint density at radius 1 is 1.28 bits per heavy atom. The molecule has 1 saturated heterocycles. The molecule has 1 aliphatic rings. The number of tetrazole rings is 1. The summed E-state index contributed by atoms with van der Waals surface area (Å²) in [6.45, 7) is 6.65. The van der Waals surface area contributed by atoms with Crippen LogP contribution < -0.4 is 4.72 Å². The van der Waals surface area contributed by atoms with Gasteiger partial charge in [0.2, 0.25) is 10.0 Å². The summed E-state index contributed by atoms with van der Waals surface area (Å²) in [5.74, 6) is 0. The lowest BCUT2D eigenvalue weighted by Crippen LogP contribution is -2.47. The number of benzene rings is 1. The molecule has 10 heteroatoms. The Morgan fingerprint density at radius 2 is 2.04 bits per heavy atom. The first kappa shape index (κ1) is 17.9. The van der Waals surface area contributed by atoms with Gasteiger partial charge >= 0.3 is 0 Å². The van der Waals surface area contributed by atoms with Gasteiger partial charge in [0.15, 0.2) is 0 Å². The SMILES string of the molecule is C[C@@H]1CN(CCNS(=O)(=O)c2cccc(-n3cnnn3)c2)C[C@@H](C)O1. The summed E-state index contributed by atoms with van der Waals surface area (Å²) in [5.41, 5.74) is 0.587. The normalized spacial score (nSPS) is 22.2. The fourth-order valence-corrected chi connectivity index (χ4v) is 4.02. The van der Waals surface area contributed by atoms with Crippen LogP contribution in [-0.2, 0) is 14.8 Å². The number of sulfonamides is 1. The number of rotatable bonds is 6. The molecule has 1 aromatic heterocycles. The van der Waals surface area contributed by atoms with Crippen LogP contribution in [0.5, 0.6) is 0 Å². The maximum absolute atomic E-state index is 12.5. The number of hydrogen-bond donors (Lipinski definition) is 1. The van der Waals surface area contributed by atoms with Crippen molar-refractivity contribution in [3.05, 3.63) is 30.6 Å². The predicted molar refractivity (Wildman–Crippen MR) is 90.8 cm³/mol. The van der Waals surface area contributed by atoms with Crippen molar-refractivity contribution in [1.29, 1.82) is 0 Å². The third-order valence-corrected chi connectivity index (χ3v) is 5.42. The number of nitrogens with zero attached hydrogens (tertiary/aromatic N) is 5. The summed E-state index contributed by atoms with van der Waals surface area (Å²) in [6, 6.07) is 6.50. The molecule has 1 N–H and O–H groups in total. The van der Waals surface area contributed by atoms with Crippen molar-refractivity contribution >= 4 is 10.0 Å². The van der Waals surface area contributed by atoms with Gasteiger partial charge in [-0.2, -0.15) is 0 Å². The van der Waals surface area contributed by atoms with Crippen molar-refractivity contribution in [2.45, 2.75) is 31.0 Å². The van der Waals surface area contributed by atoms with Gasteiger partial charge < -0.3 is 4.74 Å². The third kappa shape index (κ3) is 4.60. The number of morpholine rings is 1. The molecule has 0 unspecified atom stereocenters. The topological polar surface area (TPSA) is 102 Å². The molecule has 3 rings (SSSR count). The summed E-state index contributed by atoms with van der Waals surface area (Å²) in [7, 11) is -3.59. The molecule has 2 heterocycles. The lowest BCUT2D eigenvalue weighted by molar-refractivity contribution is -0.0671. The van der Waals surface area contributed by atoms with Gasteiger partial charge in [-0.05, 0) is 42.5 Å². The molecule has 1 aromatic carbocycles. The van der Waals surface area contributed by atoms with E-state index in [1.165, 1.54) is 17.1 Å². The maximum atomic E-state index is 12.5. The molecule has 0 radical (unpaired) electrons. The highest BCUT2D eigenvalue weighted by Gasteiger charge is 2.22. The van der Waals surface area contributed by atoms with E-state index in [0.29, 0.717) is 18.8 Å². The van der Waals surface area contributed by atoms with E-state index in [1.807, 2.05) is 13.8 Å². The summed E-state index contributed by atoms with van der Waals surface area (Å²) in [4.78, 5) is 2.39. The number of nitrogens with one attached hydrogen (secondary N) is 1. The minimum atomic E-state index is -3.59. The fourth-order valence-electron chi connectivity index (χ4n) is 2.96. The van der Waals surface area contributed by atoms with Crippen molar-refractivity contribution in [2.24, 2.45) is 0 Å². The summed E-state index contributed by atoms with van der Waals surface area (Å²) < 4.78 is 34.8. The Hall–Kier alpha value is -1.88. The van der Waals surface area contributed by atoms with Crippen LogP contribution in [0.1, 0.15) is 13.8 Å². The molecule has 1 aliphatic heterocycles. The standard InChI is InChI=1S/C15H22N6O3S/c1-12-9-20(10-13(2)24-12)7-6-17-25(22,23)15-5-3-4-14(8-15)21-11-16-18-19-21/h3-5,8,11-13,17H,6-7,9-10H2,1-2H3/t12-,13-/m1/s1. The van der Waals surface area contributed by atoms with Crippen molar-refractivity contribution in [3.8, 4) is 5.69 Å². The van der Waals surface area contributed by atoms with E-state index in [2.05, 4.69) is 25.1 Å². The maximum Gasteiger partial charge on any atom is 0.240 e. The smallest absolute Gasteiger partial charge is 0.240 e. The second-order valence-electron chi connectivity index (χ2n) is 6.17. The lowest BCUT2D eigenvalue weighted by atomic mass is 10.2. The molecule has 2 aromatic rings. The number of aromatic nitrogens is 4. The summed E-state index contributed by atoms with van der Waals surface area (Å²) in [5, 5.41) is 10.9. The van der Waals surface area contributed by atoms with Crippen LogP contribution in [0.4, 0.5) is 0 Å². The van der Waals surface area contributed by atoms with Gasteiger partial charge in [0.05, 0.1) is 22.8 Å². The van der Waals surface area contributed by atoms with Crippen LogP contribution in [-0.4, -0.2) is 71.9 Å². The van der Waals surface area contributed by atoms with Crippen molar-refractivity contribution < 1.29 is 13.2 Å². The van der Waals surface area contributed by atoms with Crippen LogP contribution in [0.2, 0.25) is 0 Å². The molecule has 0 aliphatic carbocycles. The predicted octanol–water partition coefficient (Wildman–Crippen LogP) is 0.0498. The molecule has 136 valence electrons. The van der Waals surface area contributed by atoms with Crippen LogP contribution >= 0.6 is 0 Å². The average Bonchev–Trinajstić information content (AvgIpc) is 3.08. The van der Waals surface area contributed by atoms with Crippen LogP contribution in [0.25, 0.3) is 5.69 Å². The van der Waals surface area contributed by atoms with E-state index >= 15 is 0 Å². The Balaban J connectivity index is 1.61. The first-order valence-electron chi connectivity index (χ1n) is 8.15. The molecular formula is C15H22N6O3S. The van der Waals surface area contributed by atoms with E-state index in [1.54, 1.807) is 18.2 Å². The molecule has 1 fully saturated rings. The lowest BCUT2D eigenvalue weighted by Gasteiger charge is -2.35. The largest absolute Gasteiger partial charge is 0.373 e. The quantitative estimate of drug-likeness (QED) is 0.770. The van der Waals surface area contributed by atoms with Gasteiger partial charge in [-0.15, -0.1) is 5.10 Å². The summed E-state index contributed by atoms with van der Waals surface area (Å²) >= 11 is 0. The minimum absolute atomic E-state index is 0.160. The number of ether oxygens (including phenoxy) is 1. The van der Waals surface area contributed by atoms with E-state index in [0.717, 1.165) is 13.1 Å². The van der Waals surface area contributed by atoms with Gasteiger partial charge in [0.1, 0.15) is 6.33 Å². The molecule has 0 amide bonds.